The number of phenols is 1. The van der Waals surface area contributed by atoms with Gasteiger partial charge in [-0.1, -0.05) is 12.1 Å². The second-order valence-corrected chi connectivity index (χ2v) is 5.90. The number of rotatable bonds is 4. The maximum Gasteiger partial charge on any atom is 0.320 e. The predicted octanol–water partition coefficient (Wildman–Crippen LogP) is 1.60. The van der Waals surface area contributed by atoms with Crippen molar-refractivity contribution < 1.29 is 15.0 Å². The summed E-state index contributed by atoms with van der Waals surface area (Å²) in [6.45, 7) is 9.72. The first kappa shape index (κ1) is 15.8. The number of hydrogen-bond acceptors (Lipinski definition) is 4. The molecule has 116 valence electrons. The molecule has 1 aromatic carbocycles. The van der Waals surface area contributed by atoms with Crippen LogP contribution in [0.2, 0.25) is 0 Å². The molecule has 0 aliphatic carbocycles. The Balaban J connectivity index is 1.93. The van der Waals surface area contributed by atoms with Gasteiger partial charge < -0.3 is 10.2 Å². The number of aryl methyl sites for hydroxylation is 2. The third kappa shape index (κ3) is 3.74. The highest BCUT2D eigenvalue weighted by Gasteiger charge is 2.25. The van der Waals surface area contributed by atoms with Crippen molar-refractivity contribution in [3.8, 4) is 5.75 Å². The molecule has 1 aliphatic heterocycles. The third-order valence-electron chi connectivity index (χ3n) is 4.27. The molecule has 1 heterocycles. The SMILES string of the molecule is Cc1cc(CN2CCN(C(C)C(=O)O)CC2)cc(C)c1O. The molecule has 1 saturated heterocycles. The van der Waals surface area contributed by atoms with E-state index < -0.39 is 12.0 Å². The van der Waals surface area contributed by atoms with E-state index in [-0.39, 0.29) is 0 Å². The highest BCUT2D eigenvalue weighted by molar-refractivity contribution is 5.72. The molecule has 1 unspecified atom stereocenters. The molecular weight excluding hydrogens is 268 g/mol. The Morgan fingerprint density at radius 2 is 1.71 bits per heavy atom. The first-order chi connectivity index (χ1) is 9.88. The van der Waals surface area contributed by atoms with E-state index in [1.807, 2.05) is 30.9 Å². The lowest BCUT2D eigenvalue weighted by Gasteiger charge is -2.36. The van der Waals surface area contributed by atoms with Crippen molar-refractivity contribution in [3.63, 3.8) is 0 Å². The number of carboxylic acids is 1. The van der Waals surface area contributed by atoms with Gasteiger partial charge in [0, 0.05) is 32.7 Å². The molecule has 5 nitrogen and oxygen atoms in total. The number of nitrogens with zero attached hydrogens (tertiary/aromatic N) is 2. The molecule has 0 saturated carbocycles. The summed E-state index contributed by atoms with van der Waals surface area (Å²) >= 11 is 0. The van der Waals surface area contributed by atoms with Gasteiger partial charge in [-0.2, -0.15) is 0 Å². The van der Waals surface area contributed by atoms with E-state index in [0.29, 0.717) is 5.75 Å². The lowest BCUT2D eigenvalue weighted by Crippen LogP contribution is -2.51. The zero-order valence-electron chi connectivity index (χ0n) is 13.0. The van der Waals surface area contributed by atoms with Gasteiger partial charge in [-0.3, -0.25) is 14.6 Å². The molecule has 0 amide bonds. The molecule has 21 heavy (non-hydrogen) atoms. The number of piperazine rings is 1. The second kappa shape index (κ2) is 6.45. The summed E-state index contributed by atoms with van der Waals surface area (Å²) in [4.78, 5) is 15.3. The minimum atomic E-state index is -0.756. The summed E-state index contributed by atoms with van der Waals surface area (Å²) in [6.07, 6.45) is 0. The molecule has 0 bridgehead atoms. The first-order valence-corrected chi connectivity index (χ1v) is 7.36. The number of carbonyl (C=O) groups is 1. The van der Waals surface area contributed by atoms with Crippen molar-refractivity contribution in [3.05, 3.63) is 28.8 Å². The highest BCUT2D eigenvalue weighted by atomic mass is 16.4. The van der Waals surface area contributed by atoms with Crippen molar-refractivity contribution in [2.24, 2.45) is 0 Å². The maximum absolute atomic E-state index is 11.0. The largest absolute Gasteiger partial charge is 0.507 e. The van der Waals surface area contributed by atoms with Gasteiger partial charge in [0.15, 0.2) is 0 Å². The molecule has 5 heteroatoms. The summed E-state index contributed by atoms with van der Waals surface area (Å²) < 4.78 is 0. The van der Waals surface area contributed by atoms with Crippen LogP contribution in [0.15, 0.2) is 12.1 Å². The number of aliphatic carboxylic acids is 1. The number of benzene rings is 1. The highest BCUT2D eigenvalue weighted by Crippen LogP contribution is 2.24. The Morgan fingerprint density at radius 3 is 2.19 bits per heavy atom. The van der Waals surface area contributed by atoms with Crippen molar-refractivity contribution in [2.75, 3.05) is 26.2 Å². The van der Waals surface area contributed by atoms with Crippen LogP contribution in [0, 0.1) is 13.8 Å². The number of phenolic OH excluding ortho intramolecular Hbond substituents is 1. The Hall–Kier alpha value is -1.59. The summed E-state index contributed by atoms with van der Waals surface area (Å²) in [5, 5.41) is 18.9. The summed E-state index contributed by atoms with van der Waals surface area (Å²) in [5.74, 6) is -0.382. The van der Waals surface area contributed by atoms with E-state index >= 15 is 0 Å². The quantitative estimate of drug-likeness (QED) is 0.882. The molecule has 2 rings (SSSR count). The van der Waals surface area contributed by atoms with Crippen molar-refractivity contribution in [2.45, 2.75) is 33.4 Å². The molecule has 1 aliphatic rings. The van der Waals surface area contributed by atoms with Gasteiger partial charge in [0.05, 0.1) is 0 Å². The lowest BCUT2D eigenvalue weighted by molar-refractivity contribution is -0.143. The van der Waals surface area contributed by atoms with Crippen molar-refractivity contribution in [1.29, 1.82) is 0 Å². The Labute approximate surface area is 125 Å². The fourth-order valence-electron chi connectivity index (χ4n) is 2.86. The smallest absolute Gasteiger partial charge is 0.320 e. The summed E-state index contributed by atoms with van der Waals surface area (Å²) in [7, 11) is 0. The molecule has 0 spiro atoms. The van der Waals surface area contributed by atoms with Crippen molar-refractivity contribution in [1.82, 2.24) is 9.80 Å². The monoisotopic (exact) mass is 292 g/mol. The fraction of sp³-hybridized carbons (Fsp3) is 0.562. The van der Waals surface area contributed by atoms with E-state index in [0.717, 1.165) is 43.9 Å². The molecule has 1 atom stereocenters. The predicted molar refractivity (Wildman–Crippen MR) is 81.5 cm³/mol. The average molecular weight is 292 g/mol. The van der Waals surface area contributed by atoms with E-state index in [2.05, 4.69) is 4.90 Å². The number of carboxylic acid groups (broad SMARTS) is 1. The van der Waals surface area contributed by atoms with Crippen LogP contribution in [0.3, 0.4) is 0 Å². The van der Waals surface area contributed by atoms with Crippen LogP contribution >= 0.6 is 0 Å². The van der Waals surface area contributed by atoms with Crippen LogP contribution in [0.1, 0.15) is 23.6 Å². The number of hydrogen-bond donors (Lipinski definition) is 2. The summed E-state index contributed by atoms with van der Waals surface area (Å²) in [6, 6.07) is 3.63. The van der Waals surface area contributed by atoms with Gasteiger partial charge in [0.1, 0.15) is 11.8 Å². The van der Waals surface area contributed by atoms with E-state index in [9.17, 15) is 9.90 Å². The van der Waals surface area contributed by atoms with E-state index in [1.54, 1.807) is 6.92 Å². The minimum Gasteiger partial charge on any atom is -0.507 e. The van der Waals surface area contributed by atoms with Gasteiger partial charge in [-0.25, -0.2) is 0 Å². The standard InChI is InChI=1S/C16H24N2O3/c1-11-8-14(9-12(2)15(11)19)10-17-4-6-18(7-5-17)13(3)16(20)21/h8-9,13,19H,4-7,10H2,1-3H3,(H,20,21). The Morgan fingerprint density at radius 1 is 1.19 bits per heavy atom. The van der Waals surface area contributed by atoms with Crippen LogP contribution < -0.4 is 0 Å². The fourth-order valence-corrected chi connectivity index (χ4v) is 2.86. The lowest BCUT2D eigenvalue weighted by atomic mass is 10.0. The van der Waals surface area contributed by atoms with Crippen molar-refractivity contribution >= 4 is 5.97 Å². The zero-order chi connectivity index (χ0) is 15.6. The Kier molecular flexibility index (Phi) is 4.85. The topological polar surface area (TPSA) is 64.0 Å². The normalized spacial score (nSPS) is 18.6. The van der Waals surface area contributed by atoms with Gasteiger partial charge in [0.25, 0.3) is 0 Å². The van der Waals surface area contributed by atoms with Gasteiger partial charge in [0.2, 0.25) is 0 Å². The molecule has 0 radical (unpaired) electrons. The van der Waals surface area contributed by atoms with Crippen LogP contribution in [0.25, 0.3) is 0 Å². The van der Waals surface area contributed by atoms with E-state index in [4.69, 9.17) is 5.11 Å². The Bertz CT molecular complexity index is 499. The van der Waals surface area contributed by atoms with Gasteiger partial charge in [-0.05, 0) is 37.5 Å². The van der Waals surface area contributed by atoms with Gasteiger partial charge >= 0.3 is 5.97 Å². The third-order valence-corrected chi connectivity index (χ3v) is 4.27. The number of aromatic hydroxyl groups is 1. The minimum absolute atomic E-state index is 0.374. The average Bonchev–Trinajstić information content (AvgIpc) is 2.44. The molecule has 2 N–H and O–H groups in total. The van der Waals surface area contributed by atoms with Crippen LogP contribution in [-0.4, -0.2) is 58.2 Å². The molecule has 1 aromatic rings. The molecule has 1 fully saturated rings. The van der Waals surface area contributed by atoms with Crippen LogP contribution in [0.4, 0.5) is 0 Å². The van der Waals surface area contributed by atoms with Gasteiger partial charge in [-0.15, -0.1) is 0 Å². The second-order valence-electron chi connectivity index (χ2n) is 5.90. The van der Waals surface area contributed by atoms with Crippen LogP contribution in [0.5, 0.6) is 5.75 Å². The first-order valence-electron chi connectivity index (χ1n) is 7.36. The molecular formula is C16H24N2O3. The van der Waals surface area contributed by atoms with E-state index in [1.165, 1.54) is 5.56 Å². The molecule has 0 aromatic heterocycles. The zero-order valence-corrected chi connectivity index (χ0v) is 13.0. The van der Waals surface area contributed by atoms with Crippen LogP contribution in [-0.2, 0) is 11.3 Å². The maximum atomic E-state index is 11.0. The summed E-state index contributed by atoms with van der Waals surface area (Å²) in [5.41, 5.74) is 3.01.